The lowest BCUT2D eigenvalue weighted by Gasteiger charge is -1.99. The minimum atomic E-state index is 0.582. The zero-order chi connectivity index (χ0) is 10.7. The molecule has 0 saturated heterocycles. The first-order valence-corrected chi connectivity index (χ1v) is 5.95. The maximum absolute atomic E-state index is 5.61. The highest BCUT2D eigenvalue weighted by atomic mass is 32.1. The minimum absolute atomic E-state index is 0.582. The highest BCUT2D eigenvalue weighted by Gasteiger charge is 2.03. The Labute approximate surface area is 93.8 Å². The molecule has 0 fully saturated rings. The van der Waals surface area contributed by atoms with Crippen LogP contribution in [0.15, 0.2) is 29.6 Å². The molecular weight excluding hydrogens is 204 g/mol. The number of rotatable bonds is 3. The Kier molecular flexibility index (Phi) is 3.14. The van der Waals surface area contributed by atoms with E-state index in [1.807, 2.05) is 12.1 Å². The second kappa shape index (κ2) is 4.55. The average molecular weight is 218 g/mol. The first-order valence-electron chi connectivity index (χ1n) is 5.07. The molecule has 0 aliphatic rings. The molecule has 0 radical (unpaired) electrons. The van der Waals surface area contributed by atoms with Crippen molar-refractivity contribution in [3.63, 3.8) is 0 Å². The molecule has 1 heterocycles. The molecule has 2 nitrogen and oxygen atoms in total. The molecule has 2 N–H and O–H groups in total. The lowest BCUT2D eigenvalue weighted by molar-refractivity contribution is 1.07. The number of nitrogens with two attached hydrogens (primary N) is 1. The summed E-state index contributed by atoms with van der Waals surface area (Å²) in [6.07, 6.45) is 1.00. The minimum Gasteiger partial charge on any atom is -0.326 e. The summed E-state index contributed by atoms with van der Waals surface area (Å²) in [7, 11) is 0. The summed E-state index contributed by atoms with van der Waals surface area (Å²) >= 11 is 1.72. The fraction of sp³-hybridized carbons (Fsp3) is 0.250. The zero-order valence-corrected chi connectivity index (χ0v) is 9.55. The van der Waals surface area contributed by atoms with Crippen LogP contribution < -0.4 is 5.73 Å². The number of benzene rings is 1. The number of hydrogen-bond donors (Lipinski definition) is 1. The first kappa shape index (κ1) is 10.3. The van der Waals surface area contributed by atoms with E-state index in [0.29, 0.717) is 6.54 Å². The Balaban J connectivity index is 2.35. The molecule has 3 heteroatoms. The lowest BCUT2D eigenvalue weighted by atomic mass is 10.1. The van der Waals surface area contributed by atoms with Crippen LogP contribution in [-0.2, 0) is 13.0 Å². The first-order chi connectivity index (χ1) is 7.33. The highest BCUT2D eigenvalue weighted by Crippen LogP contribution is 2.22. The smallest absolute Gasteiger partial charge is 0.0929 e. The SMILES string of the molecule is CCc1nc(-c2cccc(CN)c2)cs1. The third-order valence-corrected chi connectivity index (χ3v) is 3.31. The standard InChI is InChI=1S/C12H14N2S/c1-2-12-14-11(8-15-12)10-5-3-4-9(6-10)7-13/h3-6,8H,2,7,13H2,1H3. The molecular formula is C12H14N2S. The molecule has 2 rings (SSSR count). The summed E-state index contributed by atoms with van der Waals surface area (Å²) in [5.74, 6) is 0. The monoisotopic (exact) mass is 218 g/mol. The Morgan fingerprint density at radius 2 is 2.27 bits per heavy atom. The third-order valence-electron chi connectivity index (χ3n) is 2.31. The van der Waals surface area contributed by atoms with Gasteiger partial charge in [0.15, 0.2) is 0 Å². The fourth-order valence-electron chi connectivity index (χ4n) is 1.46. The van der Waals surface area contributed by atoms with E-state index in [1.165, 1.54) is 5.01 Å². The predicted molar refractivity (Wildman–Crippen MR) is 64.8 cm³/mol. The van der Waals surface area contributed by atoms with E-state index in [-0.39, 0.29) is 0 Å². The van der Waals surface area contributed by atoms with Crippen molar-refractivity contribution < 1.29 is 0 Å². The summed E-state index contributed by atoms with van der Waals surface area (Å²) < 4.78 is 0. The van der Waals surface area contributed by atoms with E-state index < -0.39 is 0 Å². The Hall–Kier alpha value is -1.19. The van der Waals surface area contributed by atoms with Gasteiger partial charge >= 0.3 is 0 Å². The number of hydrogen-bond acceptors (Lipinski definition) is 3. The van der Waals surface area contributed by atoms with Crippen molar-refractivity contribution in [2.75, 3.05) is 0 Å². The molecule has 15 heavy (non-hydrogen) atoms. The van der Waals surface area contributed by atoms with Crippen molar-refractivity contribution in [1.82, 2.24) is 4.98 Å². The second-order valence-corrected chi connectivity index (χ2v) is 4.33. The van der Waals surface area contributed by atoms with Gasteiger partial charge in [-0.05, 0) is 18.1 Å². The number of thiazole rings is 1. The van der Waals surface area contributed by atoms with Crippen LogP contribution in [0.4, 0.5) is 0 Å². The third kappa shape index (κ3) is 2.25. The topological polar surface area (TPSA) is 38.9 Å². The highest BCUT2D eigenvalue weighted by molar-refractivity contribution is 7.09. The molecule has 0 aliphatic carbocycles. The van der Waals surface area contributed by atoms with Crippen LogP contribution in [0.2, 0.25) is 0 Å². The summed E-state index contributed by atoms with van der Waals surface area (Å²) in [6, 6.07) is 8.25. The molecule has 0 saturated carbocycles. The van der Waals surface area contributed by atoms with Crippen molar-refractivity contribution in [2.24, 2.45) is 5.73 Å². The van der Waals surface area contributed by atoms with Gasteiger partial charge in [-0.3, -0.25) is 0 Å². The summed E-state index contributed by atoms with van der Waals surface area (Å²) in [5.41, 5.74) is 8.98. The second-order valence-electron chi connectivity index (χ2n) is 3.38. The molecule has 0 spiro atoms. The maximum Gasteiger partial charge on any atom is 0.0929 e. The molecule has 1 aromatic carbocycles. The van der Waals surface area contributed by atoms with Crippen LogP contribution in [0.1, 0.15) is 17.5 Å². The predicted octanol–water partition coefficient (Wildman–Crippen LogP) is 2.83. The van der Waals surface area contributed by atoms with Crippen LogP contribution in [-0.4, -0.2) is 4.98 Å². The van der Waals surface area contributed by atoms with Crippen LogP contribution in [0.5, 0.6) is 0 Å². The summed E-state index contributed by atoms with van der Waals surface area (Å²) in [4.78, 5) is 4.55. The maximum atomic E-state index is 5.61. The van der Waals surface area contributed by atoms with Gasteiger partial charge in [0.25, 0.3) is 0 Å². The molecule has 0 unspecified atom stereocenters. The molecule has 2 aromatic rings. The Morgan fingerprint density at radius 1 is 1.40 bits per heavy atom. The average Bonchev–Trinajstić information content (AvgIpc) is 2.78. The van der Waals surface area contributed by atoms with Gasteiger partial charge in [0.05, 0.1) is 10.7 Å². The van der Waals surface area contributed by atoms with Gasteiger partial charge in [-0.2, -0.15) is 0 Å². The van der Waals surface area contributed by atoms with Crippen LogP contribution in [0, 0.1) is 0 Å². The normalized spacial score (nSPS) is 10.5. The number of aromatic nitrogens is 1. The van der Waals surface area contributed by atoms with Crippen LogP contribution >= 0.6 is 11.3 Å². The number of nitrogens with zero attached hydrogens (tertiary/aromatic N) is 1. The van der Waals surface area contributed by atoms with Crippen molar-refractivity contribution in [1.29, 1.82) is 0 Å². The lowest BCUT2D eigenvalue weighted by Crippen LogP contribution is -1.95. The Bertz CT molecular complexity index is 448. The van der Waals surface area contributed by atoms with Crippen molar-refractivity contribution in [2.45, 2.75) is 19.9 Å². The van der Waals surface area contributed by atoms with Crippen LogP contribution in [0.25, 0.3) is 11.3 Å². The van der Waals surface area contributed by atoms with E-state index in [0.717, 1.165) is 23.2 Å². The molecule has 78 valence electrons. The van der Waals surface area contributed by atoms with E-state index in [9.17, 15) is 0 Å². The van der Waals surface area contributed by atoms with Gasteiger partial charge in [-0.15, -0.1) is 11.3 Å². The van der Waals surface area contributed by atoms with Gasteiger partial charge in [0, 0.05) is 17.5 Å². The quantitative estimate of drug-likeness (QED) is 0.860. The molecule has 0 bridgehead atoms. The summed E-state index contributed by atoms with van der Waals surface area (Å²) in [5, 5.41) is 3.29. The van der Waals surface area contributed by atoms with E-state index >= 15 is 0 Å². The molecule has 0 atom stereocenters. The van der Waals surface area contributed by atoms with Gasteiger partial charge < -0.3 is 5.73 Å². The molecule has 0 amide bonds. The van der Waals surface area contributed by atoms with Gasteiger partial charge in [-0.25, -0.2) is 4.98 Å². The van der Waals surface area contributed by atoms with Crippen LogP contribution in [0.3, 0.4) is 0 Å². The zero-order valence-electron chi connectivity index (χ0n) is 8.73. The van der Waals surface area contributed by atoms with Gasteiger partial charge in [-0.1, -0.05) is 25.1 Å². The van der Waals surface area contributed by atoms with Crippen molar-refractivity contribution in [3.05, 3.63) is 40.2 Å². The largest absolute Gasteiger partial charge is 0.326 e. The van der Waals surface area contributed by atoms with Crippen molar-refractivity contribution in [3.8, 4) is 11.3 Å². The molecule has 0 aliphatic heterocycles. The van der Waals surface area contributed by atoms with Gasteiger partial charge in [0.1, 0.15) is 0 Å². The fourth-order valence-corrected chi connectivity index (χ4v) is 2.22. The molecule has 1 aromatic heterocycles. The van der Waals surface area contributed by atoms with Gasteiger partial charge in [0.2, 0.25) is 0 Å². The van der Waals surface area contributed by atoms with E-state index in [4.69, 9.17) is 5.73 Å². The number of aryl methyl sites for hydroxylation is 1. The van der Waals surface area contributed by atoms with Crippen molar-refractivity contribution >= 4 is 11.3 Å². The Morgan fingerprint density at radius 3 is 2.93 bits per heavy atom. The van der Waals surface area contributed by atoms with E-state index in [2.05, 4.69) is 29.4 Å². The van der Waals surface area contributed by atoms with E-state index in [1.54, 1.807) is 11.3 Å². The summed E-state index contributed by atoms with van der Waals surface area (Å²) in [6.45, 7) is 2.71.